The first-order valence-electron chi connectivity index (χ1n) is 8.64. The summed E-state index contributed by atoms with van der Waals surface area (Å²) in [6.07, 6.45) is 1.59. The van der Waals surface area contributed by atoms with E-state index in [9.17, 15) is 8.42 Å². The van der Waals surface area contributed by atoms with E-state index in [1.807, 2.05) is 12.1 Å². The van der Waals surface area contributed by atoms with Crippen molar-refractivity contribution in [1.29, 1.82) is 0 Å². The van der Waals surface area contributed by atoms with Crippen molar-refractivity contribution in [3.05, 3.63) is 47.9 Å². The maximum absolute atomic E-state index is 11.5. The molecule has 0 atom stereocenters. The smallest absolute Gasteiger partial charge is 0.238 e. The van der Waals surface area contributed by atoms with E-state index in [0.717, 1.165) is 49.9 Å². The molecule has 1 aliphatic heterocycles. The van der Waals surface area contributed by atoms with Gasteiger partial charge in [0.05, 0.1) is 10.6 Å². The van der Waals surface area contributed by atoms with Gasteiger partial charge in [-0.25, -0.2) is 13.6 Å². The number of hydrogen-bond donors (Lipinski definition) is 2. The van der Waals surface area contributed by atoms with Crippen LogP contribution in [0.3, 0.4) is 0 Å². The minimum Gasteiger partial charge on any atom is -0.364 e. The minimum absolute atomic E-state index is 0.109. The highest BCUT2D eigenvalue weighted by atomic mass is 32.2. The van der Waals surface area contributed by atoms with Crippen molar-refractivity contribution in [2.24, 2.45) is 10.1 Å². The number of sulfonamides is 1. The van der Waals surface area contributed by atoms with E-state index in [1.165, 1.54) is 6.07 Å². The first-order valence-corrected chi connectivity index (χ1v) is 10.2. The third kappa shape index (κ3) is 5.28. The molecule has 2 aromatic rings. The molecule has 9 nitrogen and oxygen atoms in total. The lowest BCUT2D eigenvalue weighted by Gasteiger charge is -2.36. The van der Waals surface area contributed by atoms with Crippen molar-refractivity contribution in [3.8, 4) is 0 Å². The lowest BCUT2D eigenvalue weighted by Crippen LogP contribution is -2.52. The molecular weight excluding hydrogens is 368 g/mol. The lowest BCUT2D eigenvalue weighted by atomic mass is 10.2. The lowest BCUT2D eigenvalue weighted by molar-refractivity contribution is 0.169. The molecule has 3 N–H and O–H groups in total. The Kier molecular flexibility index (Phi) is 6.09. The van der Waals surface area contributed by atoms with Gasteiger partial charge in [-0.3, -0.25) is 9.89 Å². The van der Waals surface area contributed by atoms with Crippen LogP contribution in [-0.4, -0.2) is 62.6 Å². The van der Waals surface area contributed by atoms with Gasteiger partial charge in [-0.2, -0.15) is 0 Å². The third-order valence-corrected chi connectivity index (χ3v) is 5.35. The summed E-state index contributed by atoms with van der Waals surface area (Å²) in [4.78, 5) is 8.95. The second-order valence-electron chi connectivity index (χ2n) is 6.35. The molecule has 0 bridgehead atoms. The Morgan fingerprint density at radius 1 is 1.30 bits per heavy atom. The fourth-order valence-corrected chi connectivity index (χ4v) is 3.60. The van der Waals surface area contributed by atoms with Crippen LogP contribution >= 0.6 is 0 Å². The fraction of sp³-hybridized carbons (Fsp3) is 0.412. The van der Waals surface area contributed by atoms with Crippen LogP contribution in [0, 0.1) is 0 Å². The van der Waals surface area contributed by atoms with Crippen molar-refractivity contribution in [2.75, 3.05) is 33.2 Å². The molecule has 0 spiro atoms. The number of hydrogen-bond acceptors (Lipinski definition) is 6. The Labute approximate surface area is 158 Å². The van der Waals surface area contributed by atoms with Gasteiger partial charge in [-0.05, 0) is 17.7 Å². The molecule has 0 radical (unpaired) electrons. The number of primary sulfonamides is 1. The highest BCUT2D eigenvalue weighted by Gasteiger charge is 2.20. The average Bonchev–Trinajstić information content (AvgIpc) is 3.16. The number of aliphatic imine (C=N–C) groups is 1. The third-order valence-electron chi connectivity index (χ3n) is 4.44. The van der Waals surface area contributed by atoms with Crippen molar-refractivity contribution >= 4 is 16.0 Å². The van der Waals surface area contributed by atoms with Gasteiger partial charge in [0.15, 0.2) is 5.96 Å². The maximum atomic E-state index is 11.5. The Morgan fingerprint density at radius 2 is 2.07 bits per heavy atom. The van der Waals surface area contributed by atoms with Gasteiger partial charge in [0.2, 0.25) is 10.0 Å². The van der Waals surface area contributed by atoms with Gasteiger partial charge in [0, 0.05) is 52.4 Å². The monoisotopic (exact) mass is 392 g/mol. The van der Waals surface area contributed by atoms with Crippen molar-refractivity contribution in [1.82, 2.24) is 20.3 Å². The minimum atomic E-state index is -3.70. The Bertz CT molecular complexity index is 874. The van der Waals surface area contributed by atoms with Gasteiger partial charge < -0.3 is 14.7 Å². The molecule has 27 heavy (non-hydrogen) atoms. The van der Waals surface area contributed by atoms with Crippen molar-refractivity contribution in [2.45, 2.75) is 18.0 Å². The highest BCUT2D eigenvalue weighted by molar-refractivity contribution is 7.89. The zero-order chi connectivity index (χ0) is 19.3. The van der Waals surface area contributed by atoms with Crippen LogP contribution in [-0.2, 0) is 23.1 Å². The molecule has 0 unspecified atom stereocenters. The van der Waals surface area contributed by atoms with Crippen molar-refractivity contribution < 1.29 is 12.9 Å². The van der Waals surface area contributed by atoms with E-state index >= 15 is 0 Å². The van der Waals surface area contributed by atoms with E-state index in [-0.39, 0.29) is 4.90 Å². The summed E-state index contributed by atoms with van der Waals surface area (Å²) in [7, 11) is -1.96. The number of benzene rings is 1. The van der Waals surface area contributed by atoms with Gasteiger partial charge in [0.25, 0.3) is 0 Å². The summed E-state index contributed by atoms with van der Waals surface area (Å²) in [5, 5.41) is 12.4. The second-order valence-corrected chi connectivity index (χ2v) is 7.91. The molecule has 1 saturated heterocycles. The molecule has 146 valence electrons. The Balaban J connectivity index is 1.53. The van der Waals surface area contributed by atoms with E-state index in [2.05, 4.69) is 25.3 Å². The molecule has 10 heteroatoms. The molecular formula is C17H24N6O3S. The Hall–Kier alpha value is -2.43. The van der Waals surface area contributed by atoms with Crippen LogP contribution < -0.4 is 10.5 Å². The molecule has 0 aliphatic carbocycles. The predicted octanol–water partition coefficient (Wildman–Crippen LogP) is 0.215. The molecule has 1 aromatic heterocycles. The van der Waals surface area contributed by atoms with Crippen LogP contribution in [0.15, 0.2) is 51.0 Å². The summed E-state index contributed by atoms with van der Waals surface area (Å²) in [6, 6.07) is 8.47. The first kappa shape index (κ1) is 19.3. The average molecular weight is 392 g/mol. The molecule has 2 heterocycles. The van der Waals surface area contributed by atoms with E-state index < -0.39 is 10.0 Å². The highest BCUT2D eigenvalue weighted by Crippen LogP contribution is 2.11. The van der Waals surface area contributed by atoms with Gasteiger partial charge in [-0.1, -0.05) is 17.3 Å². The predicted molar refractivity (Wildman–Crippen MR) is 101 cm³/mol. The number of rotatable bonds is 5. The van der Waals surface area contributed by atoms with Gasteiger partial charge >= 0.3 is 0 Å². The summed E-state index contributed by atoms with van der Waals surface area (Å²) < 4.78 is 27.8. The number of aromatic nitrogens is 1. The van der Waals surface area contributed by atoms with Crippen LogP contribution in [0.25, 0.3) is 0 Å². The second kappa shape index (κ2) is 8.51. The topological polar surface area (TPSA) is 117 Å². The normalized spacial score (nSPS) is 16.5. The van der Waals surface area contributed by atoms with Crippen molar-refractivity contribution in [3.63, 3.8) is 0 Å². The van der Waals surface area contributed by atoms with Gasteiger partial charge in [-0.15, -0.1) is 0 Å². The number of nitrogens with zero attached hydrogens (tertiary/aromatic N) is 4. The number of guanidine groups is 1. The molecule has 1 fully saturated rings. The molecule has 0 amide bonds. The van der Waals surface area contributed by atoms with Crippen LogP contribution in [0.5, 0.6) is 0 Å². The van der Waals surface area contributed by atoms with E-state index in [0.29, 0.717) is 6.54 Å². The van der Waals surface area contributed by atoms with E-state index in [1.54, 1.807) is 25.4 Å². The number of nitrogens with one attached hydrogen (secondary N) is 1. The fourth-order valence-electron chi connectivity index (χ4n) is 3.01. The summed E-state index contributed by atoms with van der Waals surface area (Å²) >= 11 is 0. The Morgan fingerprint density at radius 3 is 2.70 bits per heavy atom. The summed E-state index contributed by atoms with van der Waals surface area (Å²) in [5.41, 5.74) is 1.76. The van der Waals surface area contributed by atoms with E-state index in [4.69, 9.17) is 9.66 Å². The van der Waals surface area contributed by atoms with Crippen LogP contribution in [0.1, 0.15) is 11.3 Å². The molecule has 0 saturated carbocycles. The summed E-state index contributed by atoms with van der Waals surface area (Å²) in [6.45, 7) is 4.72. The van der Waals surface area contributed by atoms with Gasteiger partial charge in [0.1, 0.15) is 6.26 Å². The molecule has 3 rings (SSSR count). The quantitative estimate of drug-likeness (QED) is 0.552. The number of piperazine rings is 1. The number of nitrogens with two attached hydrogens (primary N) is 1. The first-order chi connectivity index (χ1) is 13.0. The zero-order valence-electron chi connectivity index (χ0n) is 15.2. The zero-order valence-corrected chi connectivity index (χ0v) is 16.0. The summed E-state index contributed by atoms with van der Waals surface area (Å²) in [5.74, 6) is 0.789. The molecule has 1 aromatic carbocycles. The largest absolute Gasteiger partial charge is 0.364 e. The molecule has 1 aliphatic rings. The van der Waals surface area contributed by atoms with Crippen LogP contribution in [0.4, 0.5) is 0 Å². The maximum Gasteiger partial charge on any atom is 0.238 e. The standard InChI is InChI=1S/C17H24N6O3S/c1-19-17(20-12-14-3-2-4-16(11-14)27(18,24)25)23-8-6-22(7-9-23)13-15-5-10-26-21-15/h2-5,10-11H,6-9,12-13H2,1H3,(H,19,20)(H2,18,24,25). The van der Waals surface area contributed by atoms with Crippen LogP contribution in [0.2, 0.25) is 0 Å². The SMILES string of the molecule is CN=C(NCc1cccc(S(N)(=O)=O)c1)N1CCN(Cc2ccon2)CC1.